The molecule has 0 N–H and O–H groups in total. The van der Waals surface area contributed by atoms with E-state index >= 15 is 0 Å². The molecule has 0 aliphatic heterocycles. The van der Waals surface area contributed by atoms with E-state index in [0.717, 1.165) is 17.9 Å². The van der Waals surface area contributed by atoms with Gasteiger partial charge >= 0.3 is 0 Å². The summed E-state index contributed by atoms with van der Waals surface area (Å²) in [6, 6.07) is 18.7. The van der Waals surface area contributed by atoms with E-state index in [-0.39, 0.29) is 5.54 Å². The largest absolute Gasteiger partial charge is 0.299 e. The molecule has 1 unspecified atom stereocenters. The summed E-state index contributed by atoms with van der Waals surface area (Å²) in [5, 5.41) is 0.785. The SMILES string of the molecule is CCC(C/C=C/c1ccccc1)(c1ccc(Cl)cc1)N(C)C. The molecule has 2 aromatic carbocycles. The minimum atomic E-state index is -0.00410. The van der Waals surface area contributed by atoms with E-state index in [1.165, 1.54) is 11.1 Å². The standard InChI is InChI=1S/C20H24ClN/c1-4-20(22(2)3,18-12-14-19(21)15-13-18)16-8-11-17-9-6-5-7-10-17/h5-15H,4,16H2,1-3H3/b11-8+. The first-order valence-electron chi connectivity index (χ1n) is 7.73. The quantitative estimate of drug-likeness (QED) is 0.670. The summed E-state index contributed by atoms with van der Waals surface area (Å²) in [5.74, 6) is 0. The molecule has 2 rings (SSSR count). The number of rotatable bonds is 6. The third-order valence-electron chi connectivity index (χ3n) is 4.39. The summed E-state index contributed by atoms with van der Waals surface area (Å²) in [5.41, 5.74) is 2.54. The maximum absolute atomic E-state index is 6.04. The summed E-state index contributed by atoms with van der Waals surface area (Å²) in [4.78, 5) is 2.31. The lowest BCUT2D eigenvalue weighted by Gasteiger charge is -2.39. The van der Waals surface area contributed by atoms with Crippen molar-refractivity contribution in [2.24, 2.45) is 0 Å². The molecular weight excluding hydrogens is 290 g/mol. The van der Waals surface area contributed by atoms with E-state index in [2.05, 4.69) is 74.5 Å². The van der Waals surface area contributed by atoms with Gasteiger partial charge in [0.2, 0.25) is 0 Å². The fourth-order valence-electron chi connectivity index (χ4n) is 2.94. The van der Waals surface area contributed by atoms with Crippen molar-refractivity contribution in [3.63, 3.8) is 0 Å². The molecule has 1 nitrogen and oxygen atoms in total. The number of benzene rings is 2. The van der Waals surface area contributed by atoms with Gasteiger partial charge in [0.1, 0.15) is 0 Å². The first kappa shape index (κ1) is 16.8. The Hall–Kier alpha value is -1.57. The van der Waals surface area contributed by atoms with Crippen LogP contribution in [0.2, 0.25) is 5.02 Å². The highest BCUT2D eigenvalue weighted by Crippen LogP contribution is 2.35. The van der Waals surface area contributed by atoms with E-state index in [0.29, 0.717) is 0 Å². The Labute approximate surface area is 139 Å². The van der Waals surface area contributed by atoms with Gasteiger partial charge in [-0.25, -0.2) is 0 Å². The van der Waals surface area contributed by atoms with Crippen LogP contribution in [0, 0.1) is 0 Å². The Kier molecular flexibility index (Phi) is 5.82. The van der Waals surface area contributed by atoms with Crippen LogP contribution >= 0.6 is 11.6 Å². The van der Waals surface area contributed by atoms with Crippen molar-refractivity contribution in [1.29, 1.82) is 0 Å². The van der Waals surface area contributed by atoms with Gasteiger partial charge in [0, 0.05) is 10.6 Å². The van der Waals surface area contributed by atoms with Crippen LogP contribution < -0.4 is 0 Å². The zero-order valence-electron chi connectivity index (χ0n) is 13.6. The minimum Gasteiger partial charge on any atom is -0.299 e. The third-order valence-corrected chi connectivity index (χ3v) is 4.64. The number of hydrogen-bond donors (Lipinski definition) is 0. The van der Waals surface area contributed by atoms with Crippen LogP contribution in [-0.2, 0) is 5.54 Å². The Bertz CT molecular complexity index is 601. The fraction of sp³-hybridized carbons (Fsp3) is 0.300. The van der Waals surface area contributed by atoms with E-state index < -0.39 is 0 Å². The van der Waals surface area contributed by atoms with Crippen LogP contribution in [0.5, 0.6) is 0 Å². The first-order valence-corrected chi connectivity index (χ1v) is 8.11. The molecule has 1 atom stereocenters. The maximum atomic E-state index is 6.04. The predicted octanol–water partition coefficient (Wildman–Crippen LogP) is 5.61. The first-order chi connectivity index (χ1) is 10.6. The lowest BCUT2D eigenvalue weighted by atomic mass is 9.82. The van der Waals surface area contributed by atoms with Crippen molar-refractivity contribution in [3.05, 3.63) is 76.8 Å². The number of halogens is 1. The van der Waals surface area contributed by atoms with E-state index in [1.807, 2.05) is 18.2 Å². The van der Waals surface area contributed by atoms with Crippen molar-refractivity contribution >= 4 is 17.7 Å². The van der Waals surface area contributed by atoms with Crippen LogP contribution in [0.1, 0.15) is 30.9 Å². The van der Waals surface area contributed by atoms with Gasteiger partial charge in [0.25, 0.3) is 0 Å². The van der Waals surface area contributed by atoms with Gasteiger partial charge in [-0.15, -0.1) is 0 Å². The number of nitrogens with zero attached hydrogens (tertiary/aromatic N) is 1. The molecular formula is C20H24ClN. The van der Waals surface area contributed by atoms with Gasteiger partial charge in [-0.1, -0.05) is 73.1 Å². The zero-order valence-corrected chi connectivity index (χ0v) is 14.3. The average molecular weight is 314 g/mol. The lowest BCUT2D eigenvalue weighted by Crippen LogP contribution is -2.40. The van der Waals surface area contributed by atoms with Crippen LogP contribution in [0.25, 0.3) is 6.08 Å². The highest BCUT2D eigenvalue weighted by atomic mass is 35.5. The van der Waals surface area contributed by atoms with Crippen molar-refractivity contribution < 1.29 is 0 Å². The lowest BCUT2D eigenvalue weighted by molar-refractivity contribution is 0.148. The summed E-state index contributed by atoms with van der Waals surface area (Å²) < 4.78 is 0. The molecule has 0 aliphatic carbocycles. The Morgan fingerprint density at radius 1 is 1.00 bits per heavy atom. The highest BCUT2D eigenvalue weighted by molar-refractivity contribution is 6.30. The predicted molar refractivity (Wildman–Crippen MR) is 97.2 cm³/mol. The fourth-order valence-corrected chi connectivity index (χ4v) is 3.06. The Morgan fingerprint density at radius 3 is 2.18 bits per heavy atom. The molecule has 2 aromatic rings. The summed E-state index contributed by atoms with van der Waals surface area (Å²) in [6.07, 6.45) is 6.48. The van der Waals surface area contributed by atoms with Gasteiger partial charge in [0.05, 0.1) is 0 Å². The smallest absolute Gasteiger partial charge is 0.0486 e. The van der Waals surface area contributed by atoms with Gasteiger partial charge in [-0.3, -0.25) is 4.90 Å². The van der Waals surface area contributed by atoms with Crippen molar-refractivity contribution in [2.45, 2.75) is 25.3 Å². The summed E-state index contributed by atoms with van der Waals surface area (Å²) in [6.45, 7) is 2.24. The Balaban J connectivity index is 2.26. The van der Waals surface area contributed by atoms with E-state index in [4.69, 9.17) is 11.6 Å². The second-order valence-electron chi connectivity index (χ2n) is 5.80. The van der Waals surface area contributed by atoms with Crippen molar-refractivity contribution in [3.8, 4) is 0 Å². The highest BCUT2D eigenvalue weighted by Gasteiger charge is 2.31. The monoisotopic (exact) mass is 313 g/mol. The molecule has 0 saturated heterocycles. The average Bonchev–Trinajstić information content (AvgIpc) is 2.53. The number of hydrogen-bond acceptors (Lipinski definition) is 1. The molecule has 116 valence electrons. The third kappa shape index (κ3) is 3.79. The molecule has 0 saturated carbocycles. The van der Waals surface area contributed by atoms with E-state index in [9.17, 15) is 0 Å². The molecule has 22 heavy (non-hydrogen) atoms. The maximum Gasteiger partial charge on any atom is 0.0486 e. The van der Waals surface area contributed by atoms with Gasteiger partial charge in [0.15, 0.2) is 0 Å². The second kappa shape index (κ2) is 7.62. The van der Waals surface area contributed by atoms with Gasteiger partial charge in [-0.2, -0.15) is 0 Å². The minimum absolute atomic E-state index is 0.00410. The second-order valence-corrected chi connectivity index (χ2v) is 6.24. The normalized spacial score (nSPS) is 14.4. The van der Waals surface area contributed by atoms with Crippen LogP contribution in [0.4, 0.5) is 0 Å². The van der Waals surface area contributed by atoms with Crippen LogP contribution in [0.15, 0.2) is 60.7 Å². The van der Waals surface area contributed by atoms with E-state index in [1.54, 1.807) is 0 Å². The van der Waals surface area contributed by atoms with Gasteiger partial charge < -0.3 is 0 Å². The zero-order chi connectivity index (χ0) is 16.0. The molecule has 0 amide bonds. The molecule has 0 fully saturated rings. The molecule has 0 heterocycles. The topological polar surface area (TPSA) is 3.24 Å². The molecule has 0 radical (unpaired) electrons. The summed E-state index contributed by atoms with van der Waals surface area (Å²) in [7, 11) is 4.29. The molecule has 0 spiro atoms. The molecule has 2 heteroatoms. The van der Waals surface area contributed by atoms with Crippen molar-refractivity contribution in [1.82, 2.24) is 4.90 Å². The summed E-state index contributed by atoms with van der Waals surface area (Å²) >= 11 is 6.04. The van der Waals surface area contributed by atoms with Gasteiger partial charge in [-0.05, 0) is 50.2 Å². The van der Waals surface area contributed by atoms with Crippen molar-refractivity contribution in [2.75, 3.05) is 14.1 Å². The molecule has 0 bridgehead atoms. The van der Waals surface area contributed by atoms with Crippen LogP contribution in [-0.4, -0.2) is 19.0 Å². The Morgan fingerprint density at radius 2 is 1.64 bits per heavy atom. The molecule has 0 aliphatic rings. The van der Waals surface area contributed by atoms with Crippen LogP contribution in [0.3, 0.4) is 0 Å². The molecule has 0 aromatic heterocycles.